The third-order valence-electron chi connectivity index (χ3n) is 2.89. The van der Waals surface area contributed by atoms with Crippen LogP contribution in [0.3, 0.4) is 0 Å². The highest BCUT2D eigenvalue weighted by Gasteiger charge is 2.06. The lowest BCUT2D eigenvalue weighted by molar-refractivity contribution is 0.532. The molecule has 0 aromatic carbocycles. The van der Waals surface area contributed by atoms with Crippen LogP contribution in [-0.4, -0.2) is 19.4 Å². The van der Waals surface area contributed by atoms with Gasteiger partial charge in [0, 0.05) is 29.6 Å². The first-order valence-electron chi connectivity index (χ1n) is 5.83. The Labute approximate surface area is 113 Å². The SMILES string of the molecule is CC(C)n1cc(-c2ccc3cc(Br)nn3c2)cn1. The van der Waals surface area contributed by atoms with E-state index in [2.05, 4.69) is 58.3 Å². The van der Waals surface area contributed by atoms with Crippen LogP contribution in [0.4, 0.5) is 0 Å². The van der Waals surface area contributed by atoms with E-state index >= 15 is 0 Å². The summed E-state index contributed by atoms with van der Waals surface area (Å²) >= 11 is 3.38. The number of pyridine rings is 1. The average molecular weight is 305 g/mol. The molecular weight excluding hydrogens is 292 g/mol. The van der Waals surface area contributed by atoms with Crippen LogP contribution in [0.15, 0.2) is 41.4 Å². The van der Waals surface area contributed by atoms with Gasteiger partial charge in [0.1, 0.15) is 4.60 Å². The zero-order valence-corrected chi connectivity index (χ0v) is 11.8. The van der Waals surface area contributed by atoms with Crippen molar-refractivity contribution < 1.29 is 0 Å². The van der Waals surface area contributed by atoms with Crippen molar-refractivity contribution in [1.29, 1.82) is 0 Å². The molecule has 3 heterocycles. The van der Waals surface area contributed by atoms with Crippen LogP contribution >= 0.6 is 15.9 Å². The van der Waals surface area contributed by atoms with E-state index in [-0.39, 0.29) is 0 Å². The van der Waals surface area contributed by atoms with Crippen molar-refractivity contribution in [3.63, 3.8) is 0 Å². The molecule has 18 heavy (non-hydrogen) atoms. The second kappa shape index (κ2) is 4.24. The summed E-state index contributed by atoms with van der Waals surface area (Å²) in [7, 11) is 0. The molecule has 3 aromatic heterocycles. The minimum Gasteiger partial charge on any atom is -0.270 e. The Kier molecular flexibility index (Phi) is 2.70. The fourth-order valence-electron chi connectivity index (χ4n) is 1.90. The van der Waals surface area contributed by atoms with Gasteiger partial charge in [-0.1, -0.05) is 6.07 Å². The van der Waals surface area contributed by atoms with E-state index in [1.807, 2.05) is 27.7 Å². The van der Waals surface area contributed by atoms with Gasteiger partial charge in [-0.15, -0.1) is 0 Å². The summed E-state index contributed by atoms with van der Waals surface area (Å²) in [5, 5.41) is 8.70. The Morgan fingerprint density at radius 2 is 2.00 bits per heavy atom. The molecule has 5 heteroatoms. The van der Waals surface area contributed by atoms with E-state index in [4.69, 9.17) is 0 Å². The molecule has 0 aliphatic rings. The molecule has 0 spiro atoms. The Bertz CT molecular complexity index is 696. The maximum Gasteiger partial charge on any atom is 0.129 e. The quantitative estimate of drug-likeness (QED) is 0.726. The predicted octanol–water partition coefficient (Wildman–Crippen LogP) is 3.54. The van der Waals surface area contributed by atoms with Crippen molar-refractivity contribution in [2.24, 2.45) is 0 Å². The molecule has 3 rings (SSSR count). The van der Waals surface area contributed by atoms with Crippen molar-refractivity contribution in [2.75, 3.05) is 0 Å². The summed E-state index contributed by atoms with van der Waals surface area (Å²) in [6.45, 7) is 4.23. The molecule has 0 unspecified atom stereocenters. The average Bonchev–Trinajstić information content (AvgIpc) is 2.91. The third kappa shape index (κ3) is 1.95. The molecule has 0 amide bonds. The standard InChI is InChI=1S/C13H13BrN4/c1-9(2)17-8-11(6-15-17)10-3-4-12-5-13(14)16-18(12)7-10/h3-9H,1-2H3. The Balaban J connectivity index is 2.06. The zero-order valence-electron chi connectivity index (χ0n) is 10.2. The molecule has 4 nitrogen and oxygen atoms in total. The van der Waals surface area contributed by atoms with E-state index < -0.39 is 0 Å². The van der Waals surface area contributed by atoms with Crippen LogP contribution in [0.1, 0.15) is 19.9 Å². The summed E-state index contributed by atoms with van der Waals surface area (Å²) in [6, 6.07) is 6.51. The smallest absolute Gasteiger partial charge is 0.129 e. The van der Waals surface area contributed by atoms with Crippen LogP contribution in [0.2, 0.25) is 0 Å². The Hall–Kier alpha value is -1.62. The first-order chi connectivity index (χ1) is 8.63. The highest BCUT2D eigenvalue weighted by Crippen LogP contribution is 2.21. The van der Waals surface area contributed by atoms with Crippen LogP contribution in [0.25, 0.3) is 16.6 Å². The minimum atomic E-state index is 0.376. The highest BCUT2D eigenvalue weighted by atomic mass is 79.9. The fraction of sp³-hybridized carbons (Fsp3) is 0.231. The van der Waals surface area contributed by atoms with Crippen molar-refractivity contribution in [3.8, 4) is 11.1 Å². The highest BCUT2D eigenvalue weighted by molar-refractivity contribution is 9.10. The van der Waals surface area contributed by atoms with Crippen molar-refractivity contribution in [3.05, 3.63) is 41.4 Å². The largest absolute Gasteiger partial charge is 0.270 e. The molecule has 3 aromatic rings. The molecule has 0 saturated carbocycles. The number of fused-ring (bicyclic) bond motifs is 1. The lowest BCUT2D eigenvalue weighted by Crippen LogP contribution is -1.99. The van der Waals surface area contributed by atoms with Gasteiger partial charge in [0.25, 0.3) is 0 Å². The van der Waals surface area contributed by atoms with Crippen molar-refractivity contribution >= 4 is 21.4 Å². The van der Waals surface area contributed by atoms with E-state index in [1.54, 1.807) is 0 Å². The van der Waals surface area contributed by atoms with Gasteiger partial charge in [-0.25, -0.2) is 4.52 Å². The molecule has 0 N–H and O–H groups in total. The van der Waals surface area contributed by atoms with E-state index in [0.717, 1.165) is 21.2 Å². The van der Waals surface area contributed by atoms with Gasteiger partial charge in [-0.05, 0) is 41.9 Å². The summed E-state index contributed by atoms with van der Waals surface area (Å²) in [5.74, 6) is 0. The second-order valence-corrected chi connectivity index (χ2v) is 5.37. The number of hydrogen-bond acceptors (Lipinski definition) is 2. The molecule has 92 valence electrons. The lowest BCUT2D eigenvalue weighted by Gasteiger charge is -2.03. The Morgan fingerprint density at radius 3 is 2.72 bits per heavy atom. The predicted molar refractivity (Wildman–Crippen MR) is 74.5 cm³/mol. The molecule has 0 aliphatic heterocycles. The van der Waals surface area contributed by atoms with Crippen molar-refractivity contribution in [2.45, 2.75) is 19.9 Å². The maximum absolute atomic E-state index is 4.36. The minimum absolute atomic E-state index is 0.376. The fourth-order valence-corrected chi connectivity index (χ4v) is 2.30. The first kappa shape index (κ1) is 11.5. The number of rotatable bonds is 2. The van der Waals surface area contributed by atoms with Gasteiger partial charge >= 0.3 is 0 Å². The number of nitrogens with zero attached hydrogens (tertiary/aromatic N) is 4. The molecular formula is C13H13BrN4. The first-order valence-corrected chi connectivity index (χ1v) is 6.62. The second-order valence-electron chi connectivity index (χ2n) is 4.56. The van der Waals surface area contributed by atoms with Gasteiger partial charge in [0.15, 0.2) is 0 Å². The molecule has 0 bridgehead atoms. The lowest BCUT2D eigenvalue weighted by atomic mass is 10.1. The van der Waals surface area contributed by atoms with E-state index in [0.29, 0.717) is 6.04 Å². The molecule has 0 fully saturated rings. The van der Waals surface area contributed by atoms with Gasteiger partial charge in [-0.2, -0.15) is 10.2 Å². The van der Waals surface area contributed by atoms with Gasteiger partial charge in [0.05, 0.1) is 11.7 Å². The van der Waals surface area contributed by atoms with Gasteiger partial charge in [0.2, 0.25) is 0 Å². The summed E-state index contributed by atoms with van der Waals surface area (Å²) in [5.41, 5.74) is 3.30. The summed E-state index contributed by atoms with van der Waals surface area (Å²) < 4.78 is 4.67. The summed E-state index contributed by atoms with van der Waals surface area (Å²) in [4.78, 5) is 0. The molecule has 0 radical (unpaired) electrons. The maximum atomic E-state index is 4.36. The van der Waals surface area contributed by atoms with Crippen LogP contribution < -0.4 is 0 Å². The van der Waals surface area contributed by atoms with E-state index in [9.17, 15) is 0 Å². The summed E-state index contributed by atoms with van der Waals surface area (Å²) in [6.07, 6.45) is 5.96. The van der Waals surface area contributed by atoms with Crippen molar-refractivity contribution in [1.82, 2.24) is 19.4 Å². The van der Waals surface area contributed by atoms with Gasteiger partial charge < -0.3 is 0 Å². The van der Waals surface area contributed by atoms with Crippen LogP contribution in [0, 0.1) is 0 Å². The topological polar surface area (TPSA) is 35.1 Å². The third-order valence-corrected chi connectivity index (χ3v) is 3.28. The van der Waals surface area contributed by atoms with Gasteiger partial charge in [-0.3, -0.25) is 4.68 Å². The van der Waals surface area contributed by atoms with Crippen LogP contribution in [0.5, 0.6) is 0 Å². The number of hydrogen-bond donors (Lipinski definition) is 0. The monoisotopic (exact) mass is 304 g/mol. The normalized spacial score (nSPS) is 11.6. The zero-order chi connectivity index (χ0) is 12.7. The number of aromatic nitrogens is 4. The van der Waals surface area contributed by atoms with E-state index in [1.165, 1.54) is 0 Å². The van der Waals surface area contributed by atoms with Crippen LogP contribution in [-0.2, 0) is 0 Å². The molecule has 0 atom stereocenters. The number of halogens is 1. The molecule has 0 saturated heterocycles. The Morgan fingerprint density at radius 1 is 1.17 bits per heavy atom. The molecule has 0 aliphatic carbocycles.